The van der Waals surface area contributed by atoms with E-state index in [1.165, 1.54) is 5.56 Å². The van der Waals surface area contributed by atoms with Gasteiger partial charge in [0, 0.05) is 0 Å². The molecule has 0 aliphatic carbocycles. The van der Waals surface area contributed by atoms with E-state index in [0.717, 1.165) is 17.7 Å². The molecular weight excluding hydrogens is 255 g/mol. The highest BCUT2D eigenvalue weighted by Gasteiger charge is 1.98. The highest BCUT2D eigenvalue weighted by molar-refractivity contribution is 5.31. The van der Waals surface area contributed by atoms with Gasteiger partial charge >= 0.3 is 0 Å². The van der Waals surface area contributed by atoms with Crippen LogP contribution in [-0.2, 0) is 13.0 Å². The first-order valence-corrected chi connectivity index (χ1v) is 6.81. The predicted octanol–water partition coefficient (Wildman–Crippen LogP) is 4.18. The van der Waals surface area contributed by atoms with Gasteiger partial charge in [-0.15, -0.1) is 0 Å². The van der Waals surface area contributed by atoms with E-state index in [9.17, 15) is 4.39 Å². The lowest BCUT2D eigenvalue weighted by atomic mass is 10.1. The monoisotopic (exact) mass is 274 g/mol. The molecule has 0 atom stereocenters. The molecule has 0 aliphatic heterocycles. The fourth-order valence-corrected chi connectivity index (χ4v) is 1.83. The molecule has 2 aromatic carbocycles. The fraction of sp³-hybridized carbons (Fsp3) is 0.294. The summed E-state index contributed by atoms with van der Waals surface area (Å²) in [5, 5.41) is 0. The molecule has 0 aromatic heterocycles. The maximum atomic E-state index is 12.0. The molecule has 2 rings (SSSR count). The summed E-state index contributed by atoms with van der Waals surface area (Å²) in [5.41, 5.74) is 2.46. The largest absolute Gasteiger partial charge is 0.491 e. The van der Waals surface area contributed by atoms with Gasteiger partial charge in [0.2, 0.25) is 0 Å². The Morgan fingerprint density at radius 3 is 1.90 bits per heavy atom. The fourth-order valence-electron chi connectivity index (χ4n) is 1.83. The van der Waals surface area contributed by atoms with Crippen LogP contribution in [0.4, 0.5) is 4.39 Å². The molecule has 2 aromatic rings. The average molecular weight is 274 g/mol. The Bertz CT molecular complexity index is 506. The molecule has 0 N–H and O–H groups in total. The van der Waals surface area contributed by atoms with Crippen molar-refractivity contribution in [3.63, 3.8) is 0 Å². The summed E-state index contributed by atoms with van der Waals surface area (Å²) in [6.45, 7) is 2.28. The number of hydrogen-bond acceptors (Lipinski definition) is 2. The van der Waals surface area contributed by atoms with Crippen LogP contribution >= 0.6 is 0 Å². The van der Waals surface area contributed by atoms with Crippen molar-refractivity contribution in [3.05, 3.63) is 59.7 Å². The zero-order valence-electron chi connectivity index (χ0n) is 11.6. The van der Waals surface area contributed by atoms with Crippen molar-refractivity contribution in [3.8, 4) is 11.5 Å². The number of halogens is 1. The highest BCUT2D eigenvalue weighted by atomic mass is 19.1. The summed E-state index contributed by atoms with van der Waals surface area (Å²) in [4.78, 5) is 0. The third kappa shape index (κ3) is 4.26. The molecule has 0 amide bonds. The SMILES string of the molecule is CCc1ccc(COc2ccc(OCCF)cc2)cc1. The van der Waals surface area contributed by atoms with Gasteiger partial charge in [0.15, 0.2) is 0 Å². The van der Waals surface area contributed by atoms with E-state index in [0.29, 0.717) is 12.4 Å². The van der Waals surface area contributed by atoms with Gasteiger partial charge in [-0.05, 0) is 41.8 Å². The molecule has 0 saturated heterocycles. The lowest BCUT2D eigenvalue weighted by Crippen LogP contribution is -1.99. The van der Waals surface area contributed by atoms with Gasteiger partial charge in [0.05, 0.1) is 0 Å². The van der Waals surface area contributed by atoms with E-state index < -0.39 is 6.67 Å². The van der Waals surface area contributed by atoms with Crippen LogP contribution in [0.3, 0.4) is 0 Å². The van der Waals surface area contributed by atoms with Crippen LogP contribution in [0.1, 0.15) is 18.1 Å². The van der Waals surface area contributed by atoms with Crippen molar-refractivity contribution < 1.29 is 13.9 Å². The number of hydrogen-bond donors (Lipinski definition) is 0. The second kappa shape index (κ2) is 7.53. The predicted molar refractivity (Wildman–Crippen MR) is 78.1 cm³/mol. The molecule has 3 heteroatoms. The standard InChI is InChI=1S/C17H19FO2/c1-2-14-3-5-15(6-4-14)13-20-17-9-7-16(8-10-17)19-12-11-18/h3-10H,2,11-13H2,1H3. The summed E-state index contributed by atoms with van der Waals surface area (Å²) in [5.74, 6) is 1.43. The molecule has 0 saturated carbocycles. The van der Waals surface area contributed by atoms with E-state index in [1.807, 2.05) is 12.1 Å². The number of aryl methyl sites for hydroxylation is 1. The van der Waals surface area contributed by atoms with Crippen molar-refractivity contribution >= 4 is 0 Å². The zero-order valence-corrected chi connectivity index (χ0v) is 11.6. The van der Waals surface area contributed by atoms with Crippen LogP contribution in [0.2, 0.25) is 0 Å². The second-order valence-corrected chi connectivity index (χ2v) is 4.47. The van der Waals surface area contributed by atoms with Gasteiger partial charge in [-0.3, -0.25) is 0 Å². The summed E-state index contributed by atoms with van der Waals surface area (Å²) < 4.78 is 22.8. The first-order chi connectivity index (χ1) is 9.81. The molecular formula is C17H19FO2. The van der Waals surface area contributed by atoms with Crippen LogP contribution in [0, 0.1) is 0 Å². The lowest BCUT2D eigenvalue weighted by Gasteiger charge is -2.08. The van der Waals surface area contributed by atoms with Crippen LogP contribution in [-0.4, -0.2) is 13.3 Å². The molecule has 2 nitrogen and oxygen atoms in total. The Labute approximate surface area is 119 Å². The Balaban J connectivity index is 1.86. The Kier molecular flexibility index (Phi) is 5.42. The van der Waals surface area contributed by atoms with Crippen molar-refractivity contribution in [2.75, 3.05) is 13.3 Å². The van der Waals surface area contributed by atoms with Crippen LogP contribution in [0.25, 0.3) is 0 Å². The normalized spacial score (nSPS) is 10.3. The molecule has 0 fully saturated rings. The summed E-state index contributed by atoms with van der Waals surface area (Å²) in [7, 11) is 0. The smallest absolute Gasteiger partial charge is 0.123 e. The van der Waals surface area contributed by atoms with Crippen LogP contribution in [0.5, 0.6) is 11.5 Å². The summed E-state index contributed by atoms with van der Waals surface area (Å²) in [6.07, 6.45) is 1.04. The van der Waals surface area contributed by atoms with E-state index >= 15 is 0 Å². The Morgan fingerprint density at radius 1 is 0.800 bits per heavy atom. The Morgan fingerprint density at radius 2 is 1.35 bits per heavy atom. The van der Waals surface area contributed by atoms with Crippen molar-refractivity contribution in [1.29, 1.82) is 0 Å². The number of benzene rings is 2. The van der Waals surface area contributed by atoms with Crippen molar-refractivity contribution in [1.82, 2.24) is 0 Å². The minimum Gasteiger partial charge on any atom is -0.491 e. The number of rotatable bonds is 7. The van der Waals surface area contributed by atoms with Gasteiger partial charge in [-0.2, -0.15) is 0 Å². The third-order valence-corrected chi connectivity index (χ3v) is 3.01. The maximum absolute atomic E-state index is 12.0. The van der Waals surface area contributed by atoms with E-state index in [2.05, 4.69) is 31.2 Å². The second-order valence-electron chi connectivity index (χ2n) is 4.47. The van der Waals surface area contributed by atoms with Gasteiger partial charge in [0.1, 0.15) is 31.4 Å². The Hall–Kier alpha value is -2.03. The molecule has 0 aliphatic rings. The van der Waals surface area contributed by atoms with Crippen LogP contribution in [0.15, 0.2) is 48.5 Å². The van der Waals surface area contributed by atoms with Gasteiger partial charge in [-0.1, -0.05) is 31.2 Å². The van der Waals surface area contributed by atoms with Gasteiger partial charge in [0.25, 0.3) is 0 Å². The van der Waals surface area contributed by atoms with E-state index in [-0.39, 0.29) is 6.61 Å². The lowest BCUT2D eigenvalue weighted by molar-refractivity contribution is 0.271. The maximum Gasteiger partial charge on any atom is 0.123 e. The quantitative estimate of drug-likeness (QED) is 0.754. The first-order valence-electron chi connectivity index (χ1n) is 6.81. The molecule has 20 heavy (non-hydrogen) atoms. The van der Waals surface area contributed by atoms with E-state index in [1.54, 1.807) is 12.1 Å². The number of ether oxygens (including phenoxy) is 2. The molecule has 0 radical (unpaired) electrons. The molecule has 0 heterocycles. The summed E-state index contributed by atoms with van der Waals surface area (Å²) >= 11 is 0. The van der Waals surface area contributed by atoms with E-state index in [4.69, 9.17) is 9.47 Å². The number of alkyl halides is 1. The topological polar surface area (TPSA) is 18.5 Å². The first kappa shape index (κ1) is 14.4. The molecule has 0 bridgehead atoms. The third-order valence-electron chi connectivity index (χ3n) is 3.01. The molecule has 0 spiro atoms. The van der Waals surface area contributed by atoms with Crippen molar-refractivity contribution in [2.24, 2.45) is 0 Å². The summed E-state index contributed by atoms with van der Waals surface area (Å²) in [6, 6.07) is 15.6. The average Bonchev–Trinajstić information content (AvgIpc) is 2.52. The van der Waals surface area contributed by atoms with Gasteiger partial charge < -0.3 is 9.47 Å². The zero-order chi connectivity index (χ0) is 14.2. The van der Waals surface area contributed by atoms with Crippen molar-refractivity contribution in [2.45, 2.75) is 20.0 Å². The molecule has 106 valence electrons. The van der Waals surface area contributed by atoms with Gasteiger partial charge in [-0.25, -0.2) is 4.39 Å². The van der Waals surface area contributed by atoms with Crippen LogP contribution < -0.4 is 9.47 Å². The minimum atomic E-state index is -0.480. The molecule has 0 unspecified atom stereocenters. The highest BCUT2D eigenvalue weighted by Crippen LogP contribution is 2.18. The minimum absolute atomic E-state index is 0.0873.